The summed E-state index contributed by atoms with van der Waals surface area (Å²) in [4.78, 5) is 8.33. The van der Waals surface area contributed by atoms with Crippen LogP contribution in [-0.4, -0.2) is 20.2 Å². The molecule has 0 bridgehead atoms. The molecule has 0 aliphatic rings. The molecule has 0 saturated heterocycles. The van der Waals surface area contributed by atoms with E-state index >= 15 is 0 Å². The lowest BCUT2D eigenvalue weighted by Crippen LogP contribution is -1.93. The zero-order valence-corrected chi connectivity index (χ0v) is 11.4. The first-order valence-electron chi connectivity index (χ1n) is 6.42. The molecule has 0 aliphatic heterocycles. The Labute approximate surface area is 117 Å². The van der Waals surface area contributed by atoms with Crippen LogP contribution in [0.1, 0.15) is 11.4 Å². The molecular weight excluding hydrogens is 248 g/mol. The van der Waals surface area contributed by atoms with Crippen molar-refractivity contribution in [3.8, 4) is 22.5 Å². The van der Waals surface area contributed by atoms with Crippen molar-refractivity contribution in [2.24, 2.45) is 0 Å². The fraction of sp³-hybridized carbons (Fsp3) is 0.125. The Kier molecular flexibility index (Phi) is 3.21. The number of aromatic nitrogens is 4. The van der Waals surface area contributed by atoms with Crippen LogP contribution in [0.25, 0.3) is 22.5 Å². The van der Waals surface area contributed by atoms with Gasteiger partial charge >= 0.3 is 0 Å². The van der Waals surface area contributed by atoms with E-state index in [1.807, 2.05) is 31.2 Å². The fourth-order valence-electron chi connectivity index (χ4n) is 1.89. The van der Waals surface area contributed by atoms with E-state index in [0.29, 0.717) is 0 Å². The summed E-state index contributed by atoms with van der Waals surface area (Å²) in [6.45, 7) is 3.92. The second-order valence-electron chi connectivity index (χ2n) is 4.69. The monoisotopic (exact) mass is 262 g/mol. The standard InChI is InChI=1S/C16H14N4/c1-11-3-5-13(6-4-11)15-7-8-16(20-19-15)14-9-17-12(2)18-10-14/h3-10H,1-2H3. The van der Waals surface area contributed by atoms with Crippen molar-refractivity contribution < 1.29 is 0 Å². The van der Waals surface area contributed by atoms with Crippen LogP contribution in [0.15, 0.2) is 48.8 Å². The Bertz CT molecular complexity index is 636. The first-order chi connectivity index (χ1) is 9.72. The van der Waals surface area contributed by atoms with E-state index in [0.717, 1.165) is 28.3 Å². The smallest absolute Gasteiger partial charge is 0.125 e. The Balaban J connectivity index is 1.91. The van der Waals surface area contributed by atoms with Gasteiger partial charge in [0.15, 0.2) is 0 Å². The number of nitrogens with zero attached hydrogens (tertiary/aromatic N) is 4. The average molecular weight is 262 g/mol. The van der Waals surface area contributed by atoms with Gasteiger partial charge in [-0.15, -0.1) is 10.2 Å². The SMILES string of the molecule is Cc1ccc(-c2ccc(-c3cnc(C)nc3)nn2)cc1. The molecule has 0 atom stereocenters. The average Bonchev–Trinajstić information content (AvgIpc) is 2.49. The normalized spacial score (nSPS) is 10.5. The summed E-state index contributed by atoms with van der Waals surface area (Å²) in [6.07, 6.45) is 3.52. The lowest BCUT2D eigenvalue weighted by atomic mass is 10.1. The molecule has 20 heavy (non-hydrogen) atoms. The molecule has 0 radical (unpaired) electrons. The van der Waals surface area contributed by atoms with E-state index in [1.165, 1.54) is 5.56 Å². The minimum atomic E-state index is 0.748. The number of hydrogen-bond acceptors (Lipinski definition) is 4. The number of rotatable bonds is 2. The van der Waals surface area contributed by atoms with Crippen molar-refractivity contribution in [2.75, 3.05) is 0 Å². The minimum Gasteiger partial charge on any atom is -0.241 e. The maximum atomic E-state index is 4.27. The highest BCUT2D eigenvalue weighted by atomic mass is 15.1. The third-order valence-corrected chi connectivity index (χ3v) is 3.09. The highest BCUT2D eigenvalue weighted by Crippen LogP contribution is 2.19. The van der Waals surface area contributed by atoms with Gasteiger partial charge in [0.05, 0.1) is 11.4 Å². The summed E-state index contributed by atoms with van der Waals surface area (Å²) in [6, 6.07) is 12.1. The summed E-state index contributed by atoms with van der Waals surface area (Å²) in [5.41, 5.74) is 4.81. The first-order valence-corrected chi connectivity index (χ1v) is 6.42. The molecule has 98 valence electrons. The molecule has 2 heterocycles. The predicted octanol–water partition coefficient (Wildman–Crippen LogP) is 3.22. The number of aryl methyl sites for hydroxylation is 2. The molecule has 0 aliphatic carbocycles. The molecular formula is C16H14N4. The Morgan fingerprint density at radius 2 is 1.20 bits per heavy atom. The van der Waals surface area contributed by atoms with E-state index in [2.05, 4.69) is 39.2 Å². The van der Waals surface area contributed by atoms with Crippen molar-refractivity contribution >= 4 is 0 Å². The van der Waals surface area contributed by atoms with Gasteiger partial charge in [-0.05, 0) is 26.0 Å². The highest BCUT2D eigenvalue weighted by Gasteiger charge is 2.04. The zero-order valence-electron chi connectivity index (χ0n) is 11.4. The Morgan fingerprint density at radius 3 is 1.75 bits per heavy atom. The maximum absolute atomic E-state index is 4.27. The molecule has 0 unspecified atom stereocenters. The minimum absolute atomic E-state index is 0.748. The van der Waals surface area contributed by atoms with Gasteiger partial charge in [0, 0.05) is 23.5 Å². The molecule has 0 amide bonds. The van der Waals surface area contributed by atoms with Gasteiger partial charge in [-0.2, -0.15) is 0 Å². The molecule has 2 aromatic heterocycles. The van der Waals surface area contributed by atoms with Crippen molar-refractivity contribution in [1.82, 2.24) is 20.2 Å². The predicted molar refractivity (Wildman–Crippen MR) is 78.0 cm³/mol. The largest absolute Gasteiger partial charge is 0.241 e. The molecule has 3 aromatic rings. The van der Waals surface area contributed by atoms with Crippen molar-refractivity contribution in [3.05, 3.63) is 60.2 Å². The lowest BCUT2D eigenvalue weighted by molar-refractivity contribution is 1.02. The van der Waals surface area contributed by atoms with Gasteiger partial charge in [-0.3, -0.25) is 0 Å². The van der Waals surface area contributed by atoms with Gasteiger partial charge in [0.2, 0.25) is 0 Å². The van der Waals surface area contributed by atoms with Gasteiger partial charge in [-0.1, -0.05) is 29.8 Å². The van der Waals surface area contributed by atoms with Gasteiger partial charge in [-0.25, -0.2) is 9.97 Å². The van der Waals surface area contributed by atoms with Crippen LogP contribution in [0.3, 0.4) is 0 Å². The highest BCUT2D eigenvalue weighted by molar-refractivity contribution is 5.62. The van der Waals surface area contributed by atoms with Gasteiger partial charge in [0.25, 0.3) is 0 Å². The van der Waals surface area contributed by atoms with Crippen LogP contribution in [0.5, 0.6) is 0 Å². The molecule has 0 saturated carbocycles. The second-order valence-corrected chi connectivity index (χ2v) is 4.69. The van der Waals surface area contributed by atoms with E-state index in [9.17, 15) is 0 Å². The zero-order chi connectivity index (χ0) is 13.9. The second kappa shape index (κ2) is 5.17. The van der Waals surface area contributed by atoms with Crippen LogP contribution < -0.4 is 0 Å². The number of benzene rings is 1. The van der Waals surface area contributed by atoms with Crippen LogP contribution in [0.2, 0.25) is 0 Å². The van der Waals surface area contributed by atoms with Crippen molar-refractivity contribution in [3.63, 3.8) is 0 Å². The molecule has 0 spiro atoms. The summed E-state index contributed by atoms with van der Waals surface area (Å²) < 4.78 is 0. The summed E-state index contributed by atoms with van der Waals surface area (Å²) in [7, 11) is 0. The fourth-order valence-corrected chi connectivity index (χ4v) is 1.89. The van der Waals surface area contributed by atoms with E-state index < -0.39 is 0 Å². The maximum Gasteiger partial charge on any atom is 0.125 e. The molecule has 0 fully saturated rings. The first kappa shape index (κ1) is 12.4. The van der Waals surface area contributed by atoms with Gasteiger partial charge in [0.1, 0.15) is 5.82 Å². The quantitative estimate of drug-likeness (QED) is 0.711. The van der Waals surface area contributed by atoms with Crippen molar-refractivity contribution in [1.29, 1.82) is 0 Å². The van der Waals surface area contributed by atoms with E-state index in [-0.39, 0.29) is 0 Å². The number of hydrogen-bond donors (Lipinski definition) is 0. The van der Waals surface area contributed by atoms with Crippen LogP contribution in [0.4, 0.5) is 0 Å². The van der Waals surface area contributed by atoms with Crippen molar-refractivity contribution in [2.45, 2.75) is 13.8 Å². The molecule has 3 rings (SSSR count). The third kappa shape index (κ3) is 2.54. The van der Waals surface area contributed by atoms with Crippen LogP contribution in [-0.2, 0) is 0 Å². The molecule has 4 nitrogen and oxygen atoms in total. The topological polar surface area (TPSA) is 51.6 Å². The van der Waals surface area contributed by atoms with E-state index in [4.69, 9.17) is 0 Å². The summed E-state index contributed by atoms with van der Waals surface area (Å²) in [5, 5.41) is 8.52. The summed E-state index contributed by atoms with van der Waals surface area (Å²) in [5.74, 6) is 0.748. The Hall–Kier alpha value is -2.62. The van der Waals surface area contributed by atoms with E-state index in [1.54, 1.807) is 12.4 Å². The Morgan fingerprint density at radius 1 is 0.650 bits per heavy atom. The lowest BCUT2D eigenvalue weighted by Gasteiger charge is -2.03. The molecule has 0 N–H and O–H groups in total. The summed E-state index contributed by atoms with van der Waals surface area (Å²) >= 11 is 0. The third-order valence-electron chi connectivity index (χ3n) is 3.09. The van der Waals surface area contributed by atoms with Crippen LogP contribution >= 0.6 is 0 Å². The molecule has 4 heteroatoms. The van der Waals surface area contributed by atoms with Gasteiger partial charge < -0.3 is 0 Å². The molecule has 1 aromatic carbocycles. The van der Waals surface area contributed by atoms with Crippen LogP contribution in [0, 0.1) is 13.8 Å².